The number of aliphatic carboxylic acids is 1. The molecule has 5 aliphatic rings. The molecule has 0 aliphatic heterocycles. The molecule has 7 nitrogen and oxygen atoms in total. The Kier molecular flexibility index (Phi) is 9.00. The predicted octanol–water partition coefficient (Wildman–Crippen LogP) is 9.48. The molecule has 1 amide bonds. The number of nitrogens with zero attached hydrogens (tertiary/aromatic N) is 1. The Morgan fingerprint density at radius 3 is 2.33 bits per heavy atom. The predicted molar refractivity (Wildman–Crippen MR) is 192 cm³/mol. The van der Waals surface area contributed by atoms with Crippen LogP contribution in [0.15, 0.2) is 36.5 Å². The molecule has 5 aliphatic carbocycles. The van der Waals surface area contributed by atoms with Crippen molar-refractivity contribution >= 4 is 23.7 Å². The number of hydrogen-bond acceptors (Lipinski definition) is 5. The Morgan fingerprint density at radius 2 is 1.67 bits per heavy atom. The molecule has 5 fully saturated rings. The molecular weight excluding hydrogens is 612 g/mol. The van der Waals surface area contributed by atoms with E-state index in [0.29, 0.717) is 41.8 Å². The van der Waals surface area contributed by atoms with E-state index in [0.717, 1.165) is 44.9 Å². The van der Waals surface area contributed by atoms with Gasteiger partial charge in [0, 0.05) is 18.0 Å². The summed E-state index contributed by atoms with van der Waals surface area (Å²) in [6, 6.07) is 5.66. The van der Waals surface area contributed by atoms with Crippen molar-refractivity contribution in [3.63, 3.8) is 0 Å². The number of pyridine rings is 1. The van der Waals surface area contributed by atoms with Crippen LogP contribution in [0, 0.1) is 62.1 Å². The largest absolute Gasteiger partial charge is 0.481 e. The smallest absolute Gasteiger partial charge is 0.309 e. The van der Waals surface area contributed by atoms with E-state index in [1.165, 1.54) is 24.8 Å². The number of fused-ring (bicyclic) bond motifs is 7. The molecule has 0 saturated heterocycles. The lowest BCUT2D eigenvalue weighted by molar-refractivity contribution is -0.250. The van der Waals surface area contributed by atoms with Crippen molar-refractivity contribution in [1.82, 2.24) is 4.98 Å². The van der Waals surface area contributed by atoms with Gasteiger partial charge >= 0.3 is 11.9 Å². The van der Waals surface area contributed by atoms with E-state index in [4.69, 9.17) is 4.74 Å². The SMILES string of the molecule is C=C(C)[C@@H]1CC[C@]2(CC(=O)Nc3ccccn3)CC[C@]3(C)[C@H](CCC4[C@@]5(C)CC[C@H](OC(=O)CC(C)(C)C(=O)O)C(C)(C)C5CC[C@]43C)[C@@H]12. The average molecular weight is 675 g/mol. The molecule has 7 heteroatoms. The molecule has 5 saturated carbocycles. The first-order valence-corrected chi connectivity index (χ1v) is 19.1. The number of amides is 1. The van der Waals surface area contributed by atoms with Crippen LogP contribution in [0.2, 0.25) is 0 Å². The maximum absolute atomic E-state index is 13.6. The fraction of sp³-hybridized carbons (Fsp3) is 0.762. The van der Waals surface area contributed by atoms with Gasteiger partial charge in [-0.2, -0.15) is 0 Å². The zero-order valence-electron chi connectivity index (χ0n) is 31.5. The molecule has 2 unspecified atom stereocenters. The van der Waals surface area contributed by atoms with Gasteiger partial charge in [-0.15, -0.1) is 0 Å². The van der Waals surface area contributed by atoms with Crippen molar-refractivity contribution in [2.45, 2.75) is 139 Å². The third-order valence-electron chi connectivity index (χ3n) is 16.1. The van der Waals surface area contributed by atoms with Gasteiger partial charge in [0.1, 0.15) is 11.9 Å². The van der Waals surface area contributed by atoms with Gasteiger partial charge in [0.05, 0.1) is 11.8 Å². The number of aromatic nitrogens is 1. The van der Waals surface area contributed by atoms with Crippen molar-refractivity contribution in [2.24, 2.45) is 62.1 Å². The van der Waals surface area contributed by atoms with Crippen LogP contribution in [-0.2, 0) is 19.1 Å². The van der Waals surface area contributed by atoms with Crippen molar-refractivity contribution in [1.29, 1.82) is 0 Å². The Labute approximate surface area is 294 Å². The number of allylic oxidation sites excluding steroid dienone is 1. The number of carbonyl (C=O) groups is 3. The molecule has 49 heavy (non-hydrogen) atoms. The number of ether oxygens (including phenoxy) is 1. The van der Waals surface area contributed by atoms with E-state index < -0.39 is 17.4 Å². The fourth-order valence-corrected chi connectivity index (χ4v) is 13.4. The first-order valence-electron chi connectivity index (χ1n) is 19.1. The molecule has 0 aromatic carbocycles. The van der Waals surface area contributed by atoms with Crippen LogP contribution < -0.4 is 5.32 Å². The van der Waals surface area contributed by atoms with Gasteiger partial charge in [-0.1, -0.05) is 52.8 Å². The number of carboxylic acid groups (broad SMARTS) is 1. The van der Waals surface area contributed by atoms with E-state index in [1.54, 1.807) is 20.0 Å². The summed E-state index contributed by atoms with van der Waals surface area (Å²) >= 11 is 0. The van der Waals surface area contributed by atoms with Gasteiger partial charge in [-0.05, 0) is 148 Å². The number of esters is 1. The Hall–Kier alpha value is -2.70. The summed E-state index contributed by atoms with van der Waals surface area (Å²) in [5.74, 6) is 1.81. The lowest BCUT2D eigenvalue weighted by Gasteiger charge is -2.73. The summed E-state index contributed by atoms with van der Waals surface area (Å²) in [6.45, 7) is 22.3. The average Bonchev–Trinajstić information content (AvgIpc) is 3.38. The van der Waals surface area contributed by atoms with Crippen LogP contribution in [0.3, 0.4) is 0 Å². The second-order valence-corrected chi connectivity index (χ2v) is 19.2. The maximum atomic E-state index is 13.6. The molecule has 0 radical (unpaired) electrons. The molecular formula is C42H62N2O5. The number of rotatable bonds is 8. The second-order valence-electron chi connectivity index (χ2n) is 19.2. The molecule has 0 bridgehead atoms. The highest BCUT2D eigenvalue weighted by Gasteiger charge is 2.71. The molecule has 10 atom stereocenters. The first kappa shape index (κ1) is 36.1. The van der Waals surface area contributed by atoms with Gasteiger partial charge < -0.3 is 15.2 Å². The van der Waals surface area contributed by atoms with E-state index in [9.17, 15) is 19.5 Å². The van der Waals surface area contributed by atoms with E-state index in [1.807, 2.05) is 18.2 Å². The second kappa shape index (κ2) is 12.2. The van der Waals surface area contributed by atoms with Crippen LogP contribution in [0.25, 0.3) is 0 Å². The van der Waals surface area contributed by atoms with E-state index in [2.05, 4.69) is 58.4 Å². The third kappa shape index (κ3) is 5.68. The number of hydrogen-bond donors (Lipinski definition) is 2. The summed E-state index contributed by atoms with van der Waals surface area (Å²) in [4.78, 5) is 42.8. The first-order chi connectivity index (χ1) is 22.8. The molecule has 2 N–H and O–H groups in total. The van der Waals surface area contributed by atoms with Crippen LogP contribution >= 0.6 is 0 Å². The van der Waals surface area contributed by atoms with Crippen molar-refractivity contribution in [3.05, 3.63) is 36.5 Å². The summed E-state index contributed by atoms with van der Waals surface area (Å²) in [6.07, 6.45) is 12.9. The van der Waals surface area contributed by atoms with Crippen LogP contribution in [0.1, 0.15) is 132 Å². The number of carboxylic acids is 1. The standard InChI is InChI=1S/C42H62N2O5/c1-26(2)27-15-20-42(24-33(45)44-32-12-10-11-23-43-32)22-21-40(8)28(35(27)42)13-14-30-39(7)18-17-31(49-34(46)25-37(3,4)36(47)48)38(5,6)29(39)16-19-41(30,40)9/h10-12,23,27-31,35H,1,13-22,24-25H2,2-9H3,(H,47,48)(H,43,44,45)/t27-,28+,29?,30?,31-,35+,39-,40+,41+,42+/m0/s1. The summed E-state index contributed by atoms with van der Waals surface area (Å²) in [7, 11) is 0. The molecule has 1 heterocycles. The van der Waals surface area contributed by atoms with Crippen LogP contribution in [0.4, 0.5) is 5.82 Å². The Bertz CT molecular complexity index is 1490. The minimum Gasteiger partial charge on any atom is -0.481 e. The van der Waals surface area contributed by atoms with Gasteiger partial charge in [0.2, 0.25) is 5.91 Å². The summed E-state index contributed by atoms with van der Waals surface area (Å²) in [5, 5.41) is 12.7. The zero-order valence-corrected chi connectivity index (χ0v) is 31.5. The monoisotopic (exact) mass is 674 g/mol. The molecule has 6 rings (SSSR count). The topological polar surface area (TPSA) is 106 Å². The summed E-state index contributed by atoms with van der Waals surface area (Å²) < 4.78 is 6.17. The minimum absolute atomic E-state index is 0.00388. The molecule has 0 spiro atoms. The quantitative estimate of drug-likeness (QED) is 0.210. The third-order valence-corrected chi connectivity index (χ3v) is 16.1. The number of carbonyl (C=O) groups excluding carboxylic acids is 2. The number of anilines is 1. The lowest BCUT2D eigenvalue weighted by atomic mass is 9.32. The maximum Gasteiger partial charge on any atom is 0.309 e. The van der Waals surface area contributed by atoms with Crippen LogP contribution in [-0.4, -0.2) is 34.0 Å². The normalized spacial score (nSPS) is 40.9. The lowest BCUT2D eigenvalue weighted by Crippen LogP contribution is -2.66. The highest BCUT2D eigenvalue weighted by atomic mass is 16.5. The minimum atomic E-state index is -1.14. The van der Waals surface area contributed by atoms with Crippen molar-refractivity contribution < 1.29 is 24.2 Å². The van der Waals surface area contributed by atoms with Crippen molar-refractivity contribution in [2.75, 3.05) is 5.32 Å². The molecule has 270 valence electrons. The van der Waals surface area contributed by atoms with Crippen LogP contribution in [0.5, 0.6) is 0 Å². The molecule has 1 aromatic heterocycles. The zero-order chi connectivity index (χ0) is 35.8. The Balaban J connectivity index is 1.25. The summed E-state index contributed by atoms with van der Waals surface area (Å²) in [5.41, 5.74) is 0.415. The van der Waals surface area contributed by atoms with Gasteiger partial charge in [-0.3, -0.25) is 14.4 Å². The van der Waals surface area contributed by atoms with E-state index >= 15 is 0 Å². The van der Waals surface area contributed by atoms with Gasteiger partial charge in [0.15, 0.2) is 0 Å². The fourth-order valence-electron chi connectivity index (χ4n) is 13.4. The highest BCUT2D eigenvalue weighted by Crippen LogP contribution is 2.78. The molecule has 1 aromatic rings. The highest BCUT2D eigenvalue weighted by molar-refractivity contribution is 5.90. The van der Waals surface area contributed by atoms with Crippen molar-refractivity contribution in [3.8, 4) is 0 Å². The van der Waals surface area contributed by atoms with E-state index in [-0.39, 0.29) is 45.5 Å². The number of nitrogens with one attached hydrogen (secondary N) is 1. The van der Waals surface area contributed by atoms with Gasteiger partial charge in [-0.25, -0.2) is 4.98 Å². The van der Waals surface area contributed by atoms with Gasteiger partial charge in [0.25, 0.3) is 0 Å². The Morgan fingerprint density at radius 1 is 0.939 bits per heavy atom.